The lowest BCUT2D eigenvalue weighted by molar-refractivity contribution is 1.07. The van der Waals surface area contributed by atoms with Gasteiger partial charge in [-0.05, 0) is 165 Å². The number of hydrogen-bond acceptors (Lipinski definition) is 8. The van der Waals surface area contributed by atoms with Gasteiger partial charge in [0.2, 0.25) is 0 Å². The van der Waals surface area contributed by atoms with Crippen molar-refractivity contribution in [3.8, 4) is 137 Å². The van der Waals surface area contributed by atoms with E-state index in [0.717, 1.165) is 138 Å². The van der Waals surface area contributed by atoms with Crippen LogP contribution in [-0.2, 0) is 0 Å². The van der Waals surface area contributed by atoms with Crippen molar-refractivity contribution < 1.29 is 0 Å². The highest BCUT2D eigenvalue weighted by Crippen LogP contribution is 2.46. The molecule has 0 fully saturated rings. The van der Waals surface area contributed by atoms with Crippen LogP contribution in [0.3, 0.4) is 0 Å². The molecule has 4 heterocycles. The van der Waals surface area contributed by atoms with Crippen LogP contribution in [0.4, 0.5) is 0 Å². The predicted octanol–water partition coefficient (Wildman–Crippen LogP) is 20.0. The van der Waals surface area contributed by atoms with Crippen molar-refractivity contribution in [3.63, 3.8) is 0 Å². The highest BCUT2D eigenvalue weighted by Gasteiger charge is 2.25. The quantitative estimate of drug-likeness (QED) is 0.124. The summed E-state index contributed by atoms with van der Waals surface area (Å²) >= 11 is 0. The summed E-state index contributed by atoms with van der Waals surface area (Å²) < 4.78 is 4.75. The first-order valence-corrected chi connectivity index (χ1v) is 30.6. The molecule has 0 saturated carbocycles. The lowest BCUT2D eigenvalue weighted by Crippen LogP contribution is -2.04. The molecule has 0 aliphatic carbocycles. The molecular weight excluding hydrogens is 1150 g/mol. The Hall–Kier alpha value is -13.6. The SMILES string of the molecule is N#Cc1ccc(-c2ccc3c(c2)c2cc(-c4ccc(C#N)cc4)ccc2n3-c2cc(-c3cccnc3)ccc2-c2ccc(-c3nc(-c4ccccc4)nc(-c4ccccc4)n3)cc2-n2c3ccc(-c4ccc(C#N)cc4)cc3c3cc(-c4ccc(C#N)cc4)ccc32)cc1. The molecule has 0 bridgehead atoms. The van der Waals surface area contributed by atoms with Gasteiger partial charge < -0.3 is 9.13 Å². The Bertz CT molecular complexity index is 5560. The molecule has 0 saturated heterocycles. The molecule has 4 aromatic heterocycles. The molecule has 0 radical (unpaired) electrons. The topological polar surface area (TPSA) is 157 Å². The number of fused-ring (bicyclic) bond motifs is 6. The lowest BCUT2D eigenvalue weighted by atomic mass is 9.95. The largest absolute Gasteiger partial charge is 0.309 e. The van der Waals surface area contributed by atoms with Gasteiger partial charge in [0.15, 0.2) is 17.5 Å². The highest BCUT2D eigenvalue weighted by molar-refractivity contribution is 6.14. The van der Waals surface area contributed by atoms with Crippen molar-refractivity contribution in [3.05, 3.63) is 314 Å². The van der Waals surface area contributed by atoms with E-state index in [0.29, 0.717) is 39.7 Å². The van der Waals surface area contributed by atoms with Crippen molar-refractivity contribution in [1.82, 2.24) is 29.1 Å². The third-order valence-electron chi connectivity index (χ3n) is 17.6. The Kier molecular flexibility index (Phi) is 13.8. The van der Waals surface area contributed by atoms with Crippen LogP contribution < -0.4 is 0 Å². The van der Waals surface area contributed by atoms with E-state index in [-0.39, 0.29) is 0 Å². The van der Waals surface area contributed by atoms with E-state index in [1.54, 1.807) is 6.20 Å². The van der Waals surface area contributed by atoms with Gasteiger partial charge in [-0.1, -0.05) is 164 Å². The summed E-state index contributed by atoms with van der Waals surface area (Å²) in [6.07, 6.45) is 3.69. The number of nitriles is 4. The molecule has 434 valence electrons. The maximum Gasteiger partial charge on any atom is 0.164 e. The lowest BCUT2D eigenvalue weighted by Gasteiger charge is -2.21. The fourth-order valence-corrected chi connectivity index (χ4v) is 12.9. The van der Waals surface area contributed by atoms with Crippen molar-refractivity contribution in [1.29, 1.82) is 21.0 Å². The molecule has 0 aliphatic heterocycles. The fraction of sp³-hybridized carbons (Fsp3) is 0. The van der Waals surface area contributed by atoms with E-state index in [4.69, 9.17) is 15.0 Å². The average molecular weight is 1200 g/mol. The van der Waals surface area contributed by atoms with Crippen LogP contribution in [0, 0.1) is 45.3 Å². The smallest absolute Gasteiger partial charge is 0.164 e. The molecule has 0 amide bonds. The zero-order chi connectivity index (χ0) is 63.2. The molecule has 10 nitrogen and oxygen atoms in total. The van der Waals surface area contributed by atoms with Gasteiger partial charge in [0.05, 0.1) is 80.0 Å². The number of rotatable bonds is 11. The monoisotopic (exact) mass is 1200 g/mol. The van der Waals surface area contributed by atoms with Gasteiger partial charge in [0, 0.05) is 67.3 Å². The Morgan fingerprint density at radius 3 is 0.862 bits per heavy atom. The minimum Gasteiger partial charge on any atom is -0.309 e. The maximum atomic E-state index is 9.80. The van der Waals surface area contributed by atoms with E-state index >= 15 is 0 Å². The Labute approximate surface area is 541 Å². The van der Waals surface area contributed by atoms with Crippen LogP contribution in [0.15, 0.2) is 291 Å². The summed E-state index contributed by atoms with van der Waals surface area (Å²) in [6, 6.07) is 104. The average Bonchev–Trinajstić information content (AvgIpc) is 1.55. The number of pyridine rings is 1. The molecule has 94 heavy (non-hydrogen) atoms. The zero-order valence-electron chi connectivity index (χ0n) is 50.2. The summed E-state index contributed by atoms with van der Waals surface area (Å²) in [6.45, 7) is 0. The molecule has 0 unspecified atom stereocenters. The van der Waals surface area contributed by atoms with Gasteiger partial charge in [-0.25, -0.2) is 15.0 Å². The van der Waals surface area contributed by atoms with Crippen LogP contribution in [0.2, 0.25) is 0 Å². The minimum atomic E-state index is 0.498. The van der Waals surface area contributed by atoms with Crippen molar-refractivity contribution in [2.45, 2.75) is 0 Å². The third-order valence-corrected chi connectivity index (χ3v) is 17.6. The van der Waals surface area contributed by atoms with E-state index in [2.05, 4.69) is 154 Å². The number of hydrogen-bond donors (Lipinski definition) is 0. The molecule has 0 spiro atoms. The Balaban J connectivity index is 1.00. The van der Waals surface area contributed by atoms with E-state index in [1.807, 2.05) is 170 Å². The fourth-order valence-electron chi connectivity index (χ4n) is 12.9. The molecule has 10 heteroatoms. The molecule has 0 aliphatic rings. The van der Waals surface area contributed by atoms with E-state index in [9.17, 15) is 21.0 Å². The summed E-state index contributed by atoms with van der Waals surface area (Å²) in [7, 11) is 0. The summed E-state index contributed by atoms with van der Waals surface area (Å²) in [4.78, 5) is 20.3. The third kappa shape index (κ3) is 10.0. The van der Waals surface area contributed by atoms with Gasteiger partial charge in [-0.3, -0.25) is 4.98 Å². The van der Waals surface area contributed by atoms with Crippen LogP contribution >= 0.6 is 0 Å². The van der Waals surface area contributed by atoms with Crippen molar-refractivity contribution in [2.24, 2.45) is 0 Å². The summed E-state index contributed by atoms with van der Waals surface area (Å²) in [5.41, 5.74) is 22.1. The number of benzene rings is 12. The Morgan fingerprint density at radius 2 is 0.532 bits per heavy atom. The molecule has 0 N–H and O–H groups in total. The van der Waals surface area contributed by atoms with E-state index < -0.39 is 0 Å². The van der Waals surface area contributed by atoms with Gasteiger partial charge in [0.25, 0.3) is 0 Å². The number of nitrogens with zero attached hydrogens (tertiary/aromatic N) is 10. The minimum absolute atomic E-state index is 0.498. The predicted molar refractivity (Wildman–Crippen MR) is 374 cm³/mol. The number of aromatic nitrogens is 6. The van der Waals surface area contributed by atoms with Gasteiger partial charge in [-0.2, -0.15) is 21.0 Å². The van der Waals surface area contributed by atoms with Gasteiger partial charge >= 0.3 is 0 Å². The van der Waals surface area contributed by atoms with Crippen molar-refractivity contribution in [2.75, 3.05) is 0 Å². The molecule has 16 aromatic rings. The van der Waals surface area contributed by atoms with Gasteiger partial charge in [0.1, 0.15) is 0 Å². The van der Waals surface area contributed by atoms with Crippen LogP contribution in [-0.4, -0.2) is 29.1 Å². The second-order valence-electron chi connectivity index (χ2n) is 23.1. The van der Waals surface area contributed by atoms with Gasteiger partial charge in [-0.15, -0.1) is 0 Å². The first-order chi connectivity index (χ1) is 46.4. The normalized spacial score (nSPS) is 11.1. The summed E-state index contributed by atoms with van der Waals surface area (Å²) in [5.74, 6) is 1.59. The maximum absolute atomic E-state index is 9.80. The second kappa shape index (κ2) is 23.4. The molecular formula is C84H48N10. The molecule has 12 aromatic carbocycles. The van der Waals surface area contributed by atoms with Crippen molar-refractivity contribution >= 4 is 43.6 Å². The van der Waals surface area contributed by atoms with Crippen LogP contribution in [0.1, 0.15) is 22.3 Å². The first kappa shape index (κ1) is 55.7. The molecule has 16 rings (SSSR count). The van der Waals surface area contributed by atoms with Crippen LogP contribution in [0.25, 0.3) is 156 Å². The first-order valence-electron chi connectivity index (χ1n) is 30.6. The van der Waals surface area contributed by atoms with E-state index in [1.165, 1.54) is 0 Å². The standard InChI is InChI=1S/C84H48N10/c85-48-53-13-21-57(22-14-53)63-31-37-76-72(42-63)73-43-64(58-23-15-54(49-86)16-24-58)32-38-77(73)93(76)80-46-67(69-12-7-41-89-52-69)29-35-70(80)71-36-30-68(84-91-82(61-8-3-1-4-9-61)90-83(92-84)62-10-5-2-6-11-62)47-81(71)94-78-39-33-65(59-25-17-55(50-87)18-26-59)44-74(78)75-45-66(34-40-79(75)94)60-27-19-56(51-88)20-28-60/h1-47,52H. The van der Waals surface area contributed by atoms with Crippen LogP contribution in [0.5, 0.6) is 0 Å². The molecule has 0 atom stereocenters. The zero-order valence-corrected chi connectivity index (χ0v) is 50.2. The second-order valence-corrected chi connectivity index (χ2v) is 23.1. The Morgan fingerprint density at radius 1 is 0.245 bits per heavy atom. The summed E-state index contributed by atoms with van der Waals surface area (Å²) in [5, 5.41) is 43.2. The highest BCUT2D eigenvalue weighted by atomic mass is 15.0.